The van der Waals surface area contributed by atoms with E-state index in [1.54, 1.807) is 14.7 Å². The van der Waals surface area contributed by atoms with E-state index in [2.05, 4.69) is 31.1 Å². The second-order valence-electron chi connectivity index (χ2n) is 11.5. The van der Waals surface area contributed by atoms with Crippen molar-refractivity contribution in [3.05, 3.63) is 0 Å². The Kier molecular flexibility index (Phi) is 19.2. The minimum Gasteiger partial charge on any atom is -0.480 e. The van der Waals surface area contributed by atoms with Gasteiger partial charge in [-0.3, -0.25) is 38.8 Å². The summed E-state index contributed by atoms with van der Waals surface area (Å²) in [7, 11) is 2.15. The summed E-state index contributed by atoms with van der Waals surface area (Å²) in [5.74, 6) is -2.31. The molecule has 0 aromatic rings. The zero-order valence-electron chi connectivity index (χ0n) is 25.4. The average Bonchev–Trinajstić information content (AvgIpc) is 2.86. The van der Waals surface area contributed by atoms with E-state index in [0.29, 0.717) is 58.9 Å². The maximum atomic E-state index is 12.7. The molecule has 0 aromatic heterocycles. The maximum absolute atomic E-state index is 12.7. The van der Waals surface area contributed by atoms with Crippen LogP contribution in [0.3, 0.4) is 0 Å². The Morgan fingerprint density at radius 3 is 1.41 bits per heavy atom. The molecule has 0 saturated carbocycles. The van der Waals surface area contributed by atoms with Crippen molar-refractivity contribution in [2.24, 2.45) is 5.92 Å². The molecule has 13 nitrogen and oxygen atoms in total. The molecular formula is C28H54N6O7. The van der Waals surface area contributed by atoms with Gasteiger partial charge >= 0.3 is 17.9 Å². The Balaban J connectivity index is 2.61. The van der Waals surface area contributed by atoms with E-state index in [4.69, 9.17) is 0 Å². The van der Waals surface area contributed by atoms with Gasteiger partial charge in [0.15, 0.2) is 0 Å². The van der Waals surface area contributed by atoms with Gasteiger partial charge in [-0.25, -0.2) is 0 Å². The number of nitrogens with one attached hydrogen (secondary N) is 1. The zero-order chi connectivity index (χ0) is 30.6. The molecule has 0 aromatic carbocycles. The van der Waals surface area contributed by atoms with E-state index in [0.717, 1.165) is 38.3 Å². The van der Waals surface area contributed by atoms with Crippen LogP contribution >= 0.6 is 0 Å². The number of aliphatic carboxylic acids is 3. The summed E-state index contributed by atoms with van der Waals surface area (Å²) in [6.07, 6.45) is 5.48. The molecule has 41 heavy (non-hydrogen) atoms. The van der Waals surface area contributed by atoms with Gasteiger partial charge in [-0.15, -0.1) is 0 Å². The molecule has 1 saturated heterocycles. The lowest BCUT2D eigenvalue weighted by atomic mass is 10.1. The Hall–Kier alpha value is -2.32. The monoisotopic (exact) mass is 586 g/mol. The molecular weight excluding hydrogens is 532 g/mol. The van der Waals surface area contributed by atoms with Crippen LogP contribution in [-0.4, -0.2) is 169 Å². The van der Waals surface area contributed by atoms with Crippen molar-refractivity contribution in [3.63, 3.8) is 0 Å². The quantitative estimate of drug-likeness (QED) is 0.161. The number of rotatable bonds is 18. The molecule has 0 spiro atoms. The van der Waals surface area contributed by atoms with Gasteiger partial charge in [0.2, 0.25) is 5.91 Å². The van der Waals surface area contributed by atoms with E-state index >= 15 is 0 Å². The van der Waals surface area contributed by atoms with Crippen LogP contribution in [0.1, 0.15) is 46.0 Å². The fraction of sp³-hybridized carbons (Fsp3) is 0.857. The summed E-state index contributed by atoms with van der Waals surface area (Å²) in [6.45, 7) is 9.86. The maximum Gasteiger partial charge on any atom is 0.317 e. The number of carbonyl (C=O) groups is 4. The Morgan fingerprint density at radius 2 is 1.02 bits per heavy atom. The first-order chi connectivity index (χ1) is 19.4. The minimum absolute atomic E-state index is 0.106. The van der Waals surface area contributed by atoms with Crippen molar-refractivity contribution in [2.75, 3.05) is 105 Å². The van der Waals surface area contributed by atoms with E-state index in [1.165, 1.54) is 12.8 Å². The van der Waals surface area contributed by atoms with Crippen molar-refractivity contribution in [1.82, 2.24) is 29.8 Å². The molecule has 1 aliphatic heterocycles. The topological polar surface area (TPSA) is 157 Å². The standard InChI is InChI=1S/C28H54N6O7/c1-24(2)8-7-11-30(3)10-6-4-5-9-29-25(35)20-31-12-14-32(21-26(36)37)16-18-34(23-28(40)41)19-17-33(15-13-31)22-27(38)39/h24H,4-23H2,1-3H3,(H,29,35)(H,36,37)(H,38,39)(H,40,41). The third kappa shape index (κ3) is 20.2. The number of carboxylic acid groups (broad SMARTS) is 3. The van der Waals surface area contributed by atoms with E-state index in [1.807, 2.05) is 4.90 Å². The molecule has 1 aliphatic rings. The molecule has 0 radical (unpaired) electrons. The summed E-state index contributed by atoms with van der Waals surface area (Å²) in [6, 6.07) is 0. The zero-order valence-corrected chi connectivity index (χ0v) is 25.4. The fourth-order valence-corrected chi connectivity index (χ4v) is 4.84. The van der Waals surface area contributed by atoms with Gasteiger partial charge < -0.3 is 25.5 Å². The van der Waals surface area contributed by atoms with Crippen molar-refractivity contribution >= 4 is 23.8 Å². The summed E-state index contributed by atoms with van der Waals surface area (Å²) >= 11 is 0. The number of amides is 1. The lowest BCUT2D eigenvalue weighted by Gasteiger charge is -2.32. The Labute approximate surface area is 245 Å². The largest absolute Gasteiger partial charge is 0.480 e. The second-order valence-corrected chi connectivity index (χ2v) is 11.5. The summed E-state index contributed by atoms with van der Waals surface area (Å²) in [4.78, 5) is 56.4. The molecule has 1 amide bonds. The predicted octanol–water partition coefficient (Wildman–Crippen LogP) is 0.116. The highest BCUT2D eigenvalue weighted by atomic mass is 16.4. The van der Waals surface area contributed by atoms with Gasteiger partial charge in [-0.05, 0) is 51.7 Å². The van der Waals surface area contributed by atoms with E-state index in [-0.39, 0.29) is 32.1 Å². The number of carbonyl (C=O) groups excluding carboxylic acids is 1. The highest BCUT2D eigenvalue weighted by Crippen LogP contribution is 2.05. The highest BCUT2D eigenvalue weighted by Gasteiger charge is 2.21. The lowest BCUT2D eigenvalue weighted by Crippen LogP contribution is -2.49. The molecule has 1 rings (SSSR count). The molecule has 0 bridgehead atoms. The van der Waals surface area contributed by atoms with Crippen LogP contribution < -0.4 is 5.32 Å². The predicted molar refractivity (Wildman–Crippen MR) is 157 cm³/mol. The van der Waals surface area contributed by atoms with Gasteiger partial charge in [0.1, 0.15) is 0 Å². The van der Waals surface area contributed by atoms with Crippen LogP contribution in [0.5, 0.6) is 0 Å². The fourth-order valence-electron chi connectivity index (χ4n) is 4.84. The molecule has 0 atom stereocenters. The van der Waals surface area contributed by atoms with Crippen LogP contribution in [0.15, 0.2) is 0 Å². The molecule has 0 unspecified atom stereocenters. The van der Waals surface area contributed by atoms with Crippen molar-refractivity contribution < 1.29 is 34.5 Å². The smallest absolute Gasteiger partial charge is 0.317 e. The molecule has 1 fully saturated rings. The van der Waals surface area contributed by atoms with Crippen LogP contribution in [0, 0.1) is 5.92 Å². The SMILES string of the molecule is CC(C)CCCN(C)CCCCCNC(=O)CN1CCN(CC(=O)O)CCN(CC(=O)O)CCN(CC(=O)O)CC1. The molecule has 1 heterocycles. The minimum atomic E-state index is -0.992. The normalized spacial score (nSPS) is 17.3. The number of carboxylic acids is 3. The van der Waals surface area contributed by atoms with Gasteiger partial charge in [-0.1, -0.05) is 20.3 Å². The molecule has 4 N–H and O–H groups in total. The highest BCUT2D eigenvalue weighted by molar-refractivity contribution is 5.78. The van der Waals surface area contributed by atoms with Gasteiger partial charge in [0, 0.05) is 58.9 Å². The first kappa shape index (κ1) is 36.7. The van der Waals surface area contributed by atoms with E-state index < -0.39 is 17.9 Å². The van der Waals surface area contributed by atoms with Crippen LogP contribution in [0.4, 0.5) is 0 Å². The van der Waals surface area contributed by atoms with E-state index in [9.17, 15) is 34.5 Å². The van der Waals surface area contributed by atoms with Crippen LogP contribution in [0.2, 0.25) is 0 Å². The number of unbranched alkanes of at least 4 members (excludes halogenated alkanes) is 2. The third-order valence-corrected chi connectivity index (χ3v) is 7.23. The summed E-state index contributed by atoms with van der Waals surface area (Å²) in [5, 5.41) is 31.0. The van der Waals surface area contributed by atoms with Crippen molar-refractivity contribution in [3.8, 4) is 0 Å². The van der Waals surface area contributed by atoms with Crippen molar-refractivity contribution in [2.45, 2.75) is 46.0 Å². The van der Waals surface area contributed by atoms with Gasteiger partial charge in [-0.2, -0.15) is 0 Å². The van der Waals surface area contributed by atoms with Crippen LogP contribution in [-0.2, 0) is 19.2 Å². The molecule has 13 heteroatoms. The second kappa shape index (κ2) is 21.4. The molecule has 238 valence electrons. The third-order valence-electron chi connectivity index (χ3n) is 7.23. The van der Waals surface area contributed by atoms with Gasteiger partial charge in [0.05, 0.1) is 26.2 Å². The lowest BCUT2D eigenvalue weighted by molar-refractivity contribution is -0.140. The number of hydrogen-bond acceptors (Lipinski definition) is 9. The number of nitrogens with zero attached hydrogens (tertiary/aromatic N) is 5. The van der Waals surface area contributed by atoms with Crippen LogP contribution in [0.25, 0.3) is 0 Å². The Bertz CT molecular complexity index is 753. The first-order valence-corrected chi connectivity index (χ1v) is 14.9. The number of hydrogen-bond donors (Lipinski definition) is 4. The average molecular weight is 587 g/mol. The Morgan fingerprint density at radius 1 is 0.634 bits per heavy atom. The molecule has 0 aliphatic carbocycles. The van der Waals surface area contributed by atoms with Gasteiger partial charge in [0.25, 0.3) is 0 Å². The van der Waals surface area contributed by atoms with Crippen molar-refractivity contribution in [1.29, 1.82) is 0 Å². The first-order valence-electron chi connectivity index (χ1n) is 14.9. The summed E-state index contributed by atoms with van der Waals surface area (Å²) in [5.41, 5.74) is 0. The summed E-state index contributed by atoms with van der Waals surface area (Å²) < 4.78 is 0.